The molecule has 0 aromatic heterocycles. The number of benzene rings is 1. The molecule has 1 aliphatic heterocycles. The molecule has 1 saturated heterocycles. The molecule has 3 heteroatoms. The molecular formula is C15H24N2S. The van der Waals surface area contributed by atoms with Crippen molar-refractivity contribution in [1.29, 1.82) is 0 Å². The van der Waals surface area contributed by atoms with Gasteiger partial charge >= 0.3 is 0 Å². The van der Waals surface area contributed by atoms with Crippen molar-refractivity contribution in [2.45, 2.75) is 25.9 Å². The Bertz CT molecular complexity index is 361. The Morgan fingerprint density at radius 3 is 3.06 bits per heavy atom. The topological polar surface area (TPSA) is 15.3 Å². The van der Waals surface area contributed by atoms with Crippen LogP contribution in [0.4, 0.5) is 0 Å². The molecule has 1 aromatic carbocycles. The van der Waals surface area contributed by atoms with Gasteiger partial charge in [-0.15, -0.1) is 0 Å². The van der Waals surface area contributed by atoms with E-state index >= 15 is 0 Å². The van der Waals surface area contributed by atoms with Crippen LogP contribution in [-0.4, -0.2) is 42.6 Å². The van der Waals surface area contributed by atoms with Crippen LogP contribution < -0.4 is 5.32 Å². The molecule has 0 saturated carbocycles. The van der Waals surface area contributed by atoms with Gasteiger partial charge in [-0.3, -0.25) is 0 Å². The minimum atomic E-state index is 0.712. The molecule has 100 valence electrons. The average molecular weight is 264 g/mol. The van der Waals surface area contributed by atoms with Crippen LogP contribution in [0, 0.1) is 6.92 Å². The second-order valence-corrected chi connectivity index (χ2v) is 6.39. The average Bonchev–Trinajstić information content (AvgIpc) is 2.38. The predicted octanol–water partition coefficient (Wildman–Crippen LogP) is 2.52. The highest BCUT2D eigenvalue weighted by Crippen LogP contribution is 2.12. The first-order valence-electron chi connectivity index (χ1n) is 6.79. The molecule has 1 aliphatic rings. The Morgan fingerprint density at radius 1 is 1.44 bits per heavy atom. The summed E-state index contributed by atoms with van der Waals surface area (Å²) in [6, 6.07) is 9.53. The molecule has 2 nitrogen and oxygen atoms in total. The number of nitrogens with zero attached hydrogens (tertiary/aromatic N) is 1. The summed E-state index contributed by atoms with van der Waals surface area (Å²) in [7, 11) is 2.22. The second kappa shape index (κ2) is 7.17. The van der Waals surface area contributed by atoms with E-state index in [-0.39, 0.29) is 0 Å². The highest BCUT2D eigenvalue weighted by Gasteiger charge is 2.13. The zero-order valence-electron chi connectivity index (χ0n) is 11.5. The maximum absolute atomic E-state index is 3.60. The Kier molecular flexibility index (Phi) is 5.54. The Hall–Kier alpha value is -0.510. The predicted molar refractivity (Wildman–Crippen MR) is 81.2 cm³/mol. The fraction of sp³-hybridized carbons (Fsp3) is 0.600. The van der Waals surface area contributed by atoms with Gasteiger partial charge in [0.2, 0.25) is 0 Å². The first-order valence-corrected chi connectivity index (χ1v) is 7.95. The third-order valence-electron chi connectivity index (χ3n) is 3.39. The first kappa shape index (κ1) is 13.9. The zero-order chi connectivity index (χ0) is 12.8. The number of aryl methyl sites for hydroxylation is 1. The molecule has 0 amide bonds. The summed E-state index contributed by atoms with van der Waals surface area (Å²) in [6.07, 6.45) is 1.26. The van der Waals surface area contributed by atoms with E-state index in [0.29, 0.717) is 6.04 Å². The second-order valence-electron chi connectivity index (χ2n) is 5.24. The Morgan fingerprint density at radius 2 is 2.33 bits per heavy atom. The fourth-order valence-corrected chi connectivity index (χ4v) is 3.38. The lowest BCUT2D eigenvalue weighted by molar-refractivity contribution is 0.305. The van der Waals surface area contributed by atoms with Crippen LogP contribution in [0.15, 0.2) is 24.3 Å². The van der Waals surface area contributed by atoms with Gasteiger partial charge in [-0.25, -0.2) is 0 Å². The number of hydrogen-bond donors (Lipinski definition) is 1. The van der Waals surface area contributed by atoms with Crippen molar-refractivity contribution in [3.05, 3.63) is 35.4 Å². The van der Waals surface area contributed by atoms with Gasteiger partial charge in [0.15, 0.2) is 0 Å². The van der Waals surface area contributed by atoms with Crippen LogP contribution in [0.2, 0.25) is 0 Å². The molecule has 0 bridgehead atoms. The van der Waals surface area contributed by atoms with Crippen molar-refractivity contribution in [2.24, 2.45) is 0 Å². The minimum absolute atomic E-state index is 0.712. The van der Waals surface area contributed by atoms with E-state index in [1.807, 2.05) is 0 Å². The van der Waals surface area contributed by atoms with E-state index in [1.165, 1.54) is 42.1 Å². The molecule has 1 unspecified atom stereocenters. The maximum Gasteiger partial charge on any atom is 0.0230 e. The van der Waals surface area contributed by atoms with Gasteiger partial charge in [-0.1, -0.05) is 29.8 Å². The molecule has 18 heavy (non-hydrogen) atoms. The van der Waals surface area contributed by atoms with Gasteiger partial charge in [0, 0.05) is 30.6 Å². The smallest absolute Gasteiger partial charge is 0.0230 e. The Labute approximate surface area is 115 Å². The molecule has 1 heterocycles. The van der Waals surface area contributed by atoms with Crippen molar-refractivity contribution < 1.29 is 0 Å². The van der Waals surface area contributed by atoms with Gasteiger partial charge in [-0.05, 0) is 32.5 Å². The largest absolute Gasteiger partial charge is 0.312 e. The van der Waals surface area contributed by atoms with E-state index in [4.69, 9.17) is 0 Å². The molecular weight excluding hydrogens is 240 g/mol. The van der Waals surface area contributed by atoms with E-state index in [0.717, 1.165) is 6.54 Å². The minimum Gasteiger partial charge on any atom is -0.312 e. The van der Waals surface area contributed by atoms with Crippen molar-refractivity contribution in [3.63, 3.8) is 0 Å². The lowest BCUT2D eigenvalue weighted by Crippen LogP contribution is -2.39. The van der Waals surface area contributed by atoms with Crippen LogP contribution in [0.25, 0.3) is 0 Å². The lowest BCUT2D eigenvalue weighted by Gasteiger charge is -2.25. The Balaban J connectivity index is 1.72. The maximum atomic E-state index is 3.60. The van der Waals surface area contributed by atoms with Gasteiger partial charge < -0.3 is 10.2 Å². The monoisotopic (exact) mass is 264 g/mol. The molecule has 2 rings (SSSR count). The quantitative estimate of drug-likeness (QED) is 0.880. The lowest BCUT2D eigenvalue weighted by atomic mass is 10.1. The SMILES string of the molecule is Cc1cccc(CN(C)CCC2CSCCN2)c1. The molecule has 1 atom stereocenters. The summed E-state index contributed by atoms with van der Waals surface area (Å²) < 4.78 is 0. The first-order chi connectivity index (χ1) is 8.74. The zero-order valence-corrected chi connectivity index (χ0v) is 12.3. The molecule has 0 aliphatic carbocycles. The summed E-state index contributed by atoms with van der Waals surface area (Å²) in [4.78, 5) is 2.43. The highest BCUT2D eigenvalue weighted by atomic mass is 32.2. The van der Waals surface area contributed by atoms with Crippen molar-refractivity contribution >= 4 is 11.8 Å². The summed E-state index contributed by atoms with van der Waals surface area (Å²) in [5.74, 6) is 2.55. The van der Waals surface area contributed by atoms with Crippen molar-refractivity contribution in [3.8, 4) is 0 Å². The van der Waals surface area contributed by atoms with E-state index < -0.39 is 0 Å². The van der Waals surface area contributed by atoms with E-state index in [9.17, 15) is 0 Å². The summed E-state index contributed by atoms with van der Waals surface area (Å²) in [5.41, 5.74) is 2.77. The van der Waals surface area contributed by atoms with Gasteiger partial charge in [0.05, 0.1) is 0 Å². The van der Waals surface area contributed by atoms with Gasteiger partial charge in [0.1, 0.15) is 0 Å². The van der Waals surface area contributed by atoms with Crippen LogP contribution in [-0.2, 0) is 6.54 Å². The summed E-state index contributed by atoms with van der Waals surface area (Å²) >= 11 is 2.08. The van der Waals surface area contributed by atoms with Crippen LogP contribution in [0.5, 0.6) is 0 Å². The van der Waals surface area contributed by atoms with Crippen molar-refractivity contribution in [2.75, 3.05) is 31.6 Å². The molecule has 1 aromatic rings. The van der Waals surface area contributed by atoms with Gasteiger partial charge in [0.25, 0.3) is 0 Å². The molecule has 1 N–H and O–H groups in total. The third kappa shape index (κ3) is 4.63. The third-order valence-corrected chi connectivity index (χ3v) is 4.52. The van der Waals surface area contributed by atoms with Gasteiger partial charge in [-0.2, -0.15) is 11.8 Å². The molecule has 1 fully saturated rings. The number of hydrogen-bond acceptors (Lipinski definition) is 3. The van der Waals surface area contributed by atoms with Crippen LogP contribution in [0.1, 0.15) is 17.5 Å². The fourth-order valence-electron chi connectivity index (χ4n) is 2.38. The number of nitrogens with one attached hydrogen (secondary N) is 1. The molecule has 0 radical (unpaired) electrons. The van der Waals surface area contributed by atoms with Crippen LogP contribution >= 0.6 is 11.8 Å². The summed E-state index contributed by atoms with van der Waals surface area (Å²) in [5, 5.41) is 3.60. The summed E-state index contributed by atoms with van der Waals surface area (Å²) in [6.45, 7) is 5.57. The number of thioether (sulfide) groups is 1. The van der Waals surface area contributed by atoms with E-state index in [1.54, 1.807) is 0 Å². The van der Waals surface area contributed by atoms with E-state index in [2.05, 4.69) is 60.2 Å². The number of rotatable bonds is 5. The van der Waals surface area contributed by atoms with Crippen LogP contribution in [0.3, 0.4) is 0 Å². The standard InChI is InChI=1S/C15H24N2S/c1-13-4-3-5-14(10-13)11-17(2)8-6-15-12-18-9-7-16-15/h3-5,10,15-16H,6-9,11-12H2,1-2H3. The molecule has 0 spiro atoms. The highest BCUT2D eigenvalue weighted by molar-refractivity contribution is 7.99. The van der Waals surface area contributed by atoms with Crippen molar-refractivity contribution in [1.82, 2.24) is 10.2 Å². The normalized spacial score (nSPS) is 20.3.